The number of halogens is 1. The van der Waals surface area contributed by atoms with E-state index in [1.165, 1.54) is 5.56 Å². The second-order valence-electron chi connectivity index (χ2n) is 4.56. The Bertz CT molecular complexity index is 554. The zero-order chi connectivity index (χ0) is 13.7. The van der Waals surface area contributed by atoms with E-state index in [0.717, 1.165) is 28.6 Å². The minimum absolute atomic E-state index is 0.620. The van der Waals surface area contributed by atoms with Gasteiger partial charge in [0, 0.05) is 17.3 Å². The van der Waals surface area contributed by atoms with Gasteiger partial charge in [0.05, 0.1) is 0 Å². The highest BCUT2D eigenvalue weighted by atomic mass is 35.5. The molecule has 0 aliphatic heterocycles. The molecule has 0 fully saturated rings. The molecule has 19 heavy (non-hydrogen) atoms. The van der Waals surface area contributed by atoms with Crippen LogP contribution in [-0.4, -0.2) is 13.2 Å². The van der Waals surface area contributed by atoms with Crippen LogP contribution in [0.1, 0.15) is 11.1 Å². The molecule has 1 N–H and O–H groups in total. The molecule has 0 aromatic heterocycles. The van der Waals surface area contributed by atoms with E-state index in [1.54, 1.807) is 0 Å². The molecule has 2 aromatic carbocycles. The monoisotopic (exact) mass is 275 g/mol. The molecule has 0 radical (unpaired) electrons. The molecule has 100 valence electrons. The molecule has 0 spiro atoms. The molecule has 3 heteroatoms. The fraction of sp³-hybridized carbons (Fsp3) is 0.250. The lowest BCUT2D eigenvalue weighted by Crippen LogP contribution is -2.11. The van der Waals surface area contributed by atoms with Gasteiger partial charge in [-0.15, -0.1) is 0 Å². The van der Waals surface area contributed by atoms with Crippen LogP contribution in [-0.2, 0) is 0 Å². The average molecular weight is 276 g/mol. The minimum atomic E-state index is 0.620. The summed E-state index contributed by atoms with van der Waals surface area (Å²) in [6.07, 6.45) is 0. The Labute approximate surface area is 119 Å². The van der Waals surface area contributed by atoms with Crippen LogP contribution in [0.15, 0.2) is 42.5 Å². The Morgan fingerprint density at radius 1 is 1.11 bits per heavy atom. The van der Waals surface area contributed by atoms with Crippen LogP contribution in [0.25, 0.3) is 0 Å². The number of hydrogen-bond donors (Lipinski definition) is 1. The number of nitrogens with one attached hydrogen (secondary N) is 1. The van der Waals surface area contributed by atoms with Crippen molar-refractivity contribution in [3.63, 3.8) is 0 Å². The Hall–Kier alpha value is -1.67. The van der Waals surface area contributed by atoms with Crippen molar-refractivity contribution in [2.24, 2.45) is 0 Å². The van der Waals surface area contributed by atoms with Crippen molar-refractivity contribution in [1.82, 2.24) is 0 Å². The first kappa shape index (κ1) is 13.8. The predicted molar refractivity (Wildman–Crippen MR) is 81.4 cm³/mol. The van der Waals surface area contributed by atoms with Gasteiger partial charge in [0.2, 0.25) is 0 Å². The number of hydrogen-bond acceptors (Lipinski definition) is 2. The molecule has 2 rings (SSSR count). The van der Waals surface area contributed by atoms with Gasteiger partial charge in [-0.1, -0.05) is 29.8 Å². The van der Waals surface area contributed by atoms with Gasteiger partial charge in [-0.05, 0) is 49.2 Å². The van der Waals surface area contributed by atoms with E-state index >= 15 is 0 Å². The van der Waals surface area contributed by atoms with Gasteiger partial charge < -0.3 is 10.1 Å². The van der Waals surface area contributed by atoms with Gasteiger partial charge in [-0.25, -0.2) is 0 Å². The van der Waals surface area contributed by atoms with Crippen molar-refractivity contribution in [2.75, 3.05) is 18.5 Å². The highest BCUT2D eigenvalue weighted by Crippen LogP contribution is 2.19. The van der Waals surface area contributed by atoms with Crippen molar-refractivity contribution in [2.45, 2.75) is 13.8 Å². The first-order chi connectivity index (χ1) is 9.15. The smallest absolute Gasteiger partial charge is 0.119 e. The van der Waals surface area contributed by atoms with E-state index in [1.807, 2.05) is 43.3 Å². The highest BCUT2D eigenvalue weighted by Gasteiger charge is 1.98. The summed E-state index contributed by atoms with van der Waals surface area (Å²) in [5, 5.41) is 4.07. The Kier molecular flexibility index (Phi) is 4.69. The fourth-order valence-electron chi connectivity index (χ4n) is 1.77. The Balaban J connectivity index is 1.79. The first-order valence-electron chi connectivity index (χ1n) is 6.34. The second-order valence-corrected chi connectivity index (χ2v) is 4.96. The summed E-state index contributed by atoms with van der Waals surface area (Å²) in [5.41, 5.74) is 3.31. The zero-order valence-corrected chi connectivity index (χ0v) is 12.0. The molecule has 0 unspecified atom stereocenters. The van der Waals surface area contributed by atoms with E-state index < -0.39 is 0 Å². The summed E-state index contributed by atoms with van der Waals surface area (Å²) in [5.74, 6) is 0.906. The number of anilines is 1. The van der Waals surface area contributed by atoms with Gasteiger partial charge in [-0.3, -0.25) is 0 Å². The molecule has 2 aromatic rings. The van der Waals surface area contributed by atoms with Crippen LogP contribution in [0.4, 0.5) is 5.69 Å². The molecule has 0 bridgehead atoms. The standard InChI is InChI=1S/C16H18ClNO/c1-12-4-3-5-15(10-12)19-9-8-18-14-7-6-13(2)16(17)11-14/h3-7,10-11,18H,8-9H2,1-2H3. The summed E-state index contributed by atoms with van der Waals surface area (Å²) < 4.78 is 5.67. The van der Waals surface area contributed by atoms with Crippen LogP contribution in [0.2, 0.25) is 5.02 Å². The van der Waals surface area contributed by atoms with Crippen molar-refractivity contribution in [3.8, 4) is 5.75 Å². The largest absolute Gasteiger partial charge is 0.492 e. The maximum atomic E-state index is 6.07. The predicted octanol–water partition coefficient (Wildman–Crippen LogP) is 4.45. The second kappa shape index (κ2) is 6.48. The molecule has 0 aliphatic rings. The van der Waals surface area contributed by atoms with Crippen molar-refractivity contribution in [3.05, 3.63) is 58.6 Å². The van der Waals surface area contributed by atoms with Crippen molar-refractivity contribution < 1.29 is 4.74 Å². The van der Waals surface area contributed by atoms with Gasteiger partial charge in [0.25, 0.3) is 0 Å². The summed E-state index contributed by atoms with van der Waals surface area (Å²) in [4.78, 5) is 0. The van der Waals surface area contributed by atoms with E-state index in [9.17, 15) is 0 Å². The third-order valence-electron chi connectivity index (χ3n) is 2.86. The molecule has 2 nitrogen and oxygen atoms in total. The van der Waals surface area contributed by atoms with Gasteiger partial charge in [-0.2, -0.15) is 0 Å². The molecule has 0 saturated carbocycles. The lowest BCUT2D eigenvalue weighted by atomic mass is 10.2. The molecular formula is C16H18ClNO. The molecule has 0 atom stereocenters. The van der Waals surface area contributed by atoms with Gasteiger partial charge >= 0.3 is 0 Å². The lowest BCUT2D eigenvalue weighted by Gasteiger charge is -2.10. The summed E-state index contributed by atoms with van der Waals surface area (Å²) >= 11 is 6.07. The van der Waals surface area contributed by atoms with E-state index in [2.05, 4.69) is 18.3 Å². The third-order valence-corrected chi connectivity index (χ3v) is 3.27. The summed E-state index contributed by atoms with van der Waals surface area (Å²) in [7, 11) is 0. The van der Waals surface area contributed by atoms with E-state index in [0.29, 0.717) is 6.61 Å². The van der Waals surface area contributed by atoms with Gasteiger partial charge in [0.15, 0.2) is 0 Å². The molecule has 0 amide bonds. The normalized spacial score (nSPS) is 10.3. The van der Waals surface area contributed by atoms with Crippen molar-refractivity contribution in [1.29, 1.82) is 0 Å². The zero-order valence-electron chi connectivity index (χ0n) is 11.2. The van der Waals surface area contributed by atoms with E-state index in [4.69, 9.17) is 16.3 Å². The van der Waals surface area contributed by atoms with E-state index in [-0.39, 0.29) is 0 Å². The first-order valence-corrected chi connectivity index (χ1v) is 6.72. The number of ether oxygens (including phenoxy) is 1. The Morgan fingerprint density at radius 2 is 1.95 bits per heavy atom. The molecule has 0 heterocycles. The number of rotatable bonds is 5. The maximum Gasteiger partial charge on any atom is 0.119 e. The summed E-state index contributed by atoms with van der Waals surface area (Å²) in [6.45, 7) is 5.41. The quantitative estimate of drug-likeness (QED) is 0.814. The summed E-state index contributed by atoms with van der Waals surface area (Å²) in [6, 6.07) is 14.0. The average Bonchev–Trinajstić information content (AvgIpc) is 2.39. The van der Waals surface area contributed by atoms with Crippen LogP contribution >= 0.6 is 11.6 Å². The number of benzene rings is 2. The van der Waals surface area contributed by atoms with Crippen LogP contribution in [0, 0.1) is 13.8 Å². The highest BCUT2D eigenvalue weighted by molar-refractivity contribution is 6.31. The fourth-order valence-corrected chi connectivity index (χ4v) is 1.95. The van der Waals surface area contributed by atoms with Gasteiger partial charge in [0.1, 0.15) is 12.4 Å². The molecular weight excluding hydrogens is 258 g/mol. The number of aryl methyl sites for hydroxylation is 2. The van der Waals surface area contributed by atoms with Crippen molar-refractivity contribution >= 4 is 17.3 Å². The third kappa shape index (κ3) is 4.18. The van der Waals surface area contributed by atoms with Crippen LogP contribution in [0.3, 0.4) is 0 Å². The Morgan fingerprint density at radius 3 is 2.68 bits per heavy atom. The topological polar surface area (TPSA) is 21.3 Å². The lowest BCUT2D eigenvalue weighted by molar-refractivity contribution is 0.332. The molecule has 0 aliphatic carbocycles. The molecule has 0 saturated heterocycles. The minimum Gasteiger partial charge on any atom is -0.492 e. The van der Waals surface area contributed by atoms with Crippen LogP contribution < -0.4 is 10.1 Å². The maximum absolute atomic E-state index is 6.07. The SMILES string of the molecule is Cc1cccc(OCCNc2ccc(C)c(Cl)c2)c1. The van der Waals surface area contributed by atoms with Crippen LogP contribution in [0.5, 0.6) is 5.75 Å².